The molecule has 0 bridgehead atoms. The van der Waals surface area contributed by atoms with Gasteiger partial charge in [-0.1, -0.05) is 42.5 Å². The average Bonchev–Trinajstić information content (AvgIpc) is 2.32. The van der Waals surface area contributed by atoms with E-state index in [2.05, 4.69) is 23.2 Å². The zero-order valence-corrected chi connectivity index (χ0v) is 9.22. The van der Waals surface area contributed by atoms with Crippen molar-refractivity contribution in [1.29, 1.82) is 0 Å². The summed E-state index contributed by atoms with van der Waals surface area (Å²) in [5, 5.41) is 0. The SMILES string of the molecule is Cc1cc(/C=C/c2ccccc2)cnc1N. The van der Waals surface area contributed by atoms with Gasteiger partial charge < -0.3 is 5.73 Å². The summed E-state index contributed by atoms with van der Waals surface area (Å²) in [6.45, 7) is 1.96. The third kappa shape index (κ3) is 2.48. The number of anilines is 1. The Balaban J connectivity index is 2.21. The van der Waals surface area contributed by atoms with Crippen LogP contribution in [0.1, 0.15) is 16.7 Å². The first-order valence-electron chi connectivity index (χ1n) is 5.21. The van der Waals surface area contributed by atoms with Gasteiger partial charge in [0.05, 0.1) is 0 Å². The maximum absolute atomic E-state index is 5.66. The summed E-state index contributed by atoms with van der Waals surface area (Å²) in [6, 6.07) is 12.2. The van der Waals surface area contributed by atoms with Crippen LogP contribution in [0.25, 0.3) is 12.2 Å². The number of nitrogens with two attached hydrogens (primary N) is 1. The predicted octanol–water partition coefficient (Wildman–Crippen LogP) is 3.14. The van der Waals surface area contributed by atoms with Gasteiger partial charge in [0.1, 0.15) is 5.82 Å². The second-order valence-corrected chi connectivity index (χ2v) is 3.71. The van der Waals surface area contributed by atoms with Crippen LogP contribution in [0.5, 0.6) is 0 Å². The van der Waals surface area contributed by atoms with Gasteiger partial charge in [-0.2, -0.15) is 0 Å². The van der Waals surface area contributed by atoms with Crippen molar-refractivity contribution in [3.63, 3.8) is 0 Å². The van der Waals surface area contributed by atoms with Crippen LogP contribution in [0, 0.1) is 6.92 Å². The van der Waals surface area contributed by atoms with E-state index >= 15 is 0 Å². The summed E-state index contributed by atoms with van der Waals surface area (Å²) < 4.78 is 0. The summed E-state index contributed by atoms with van der Waals surface area (Å²) in [7, 11) is 0. The van der Waals surface area contributed by atoms with Gasteiger partial charge in [-0.05, 0) is 29.7 Å². The Morgan fingerprint density at radius 3 is 2.44 bits per heavy atom. The Labute approximate surface area is 95.5 Å². The molecule has 0 radical (unpaired) electrons. The van der Waals surface area contributed by atoms with Crippen molar-refractivity contribution < 1.29 is 0 Å². The number of hydrogen-bond donors (Lipinski definition) is 1. The van der Waals surface area contributed by atoms with Crippen molar-refractivity contribution in [3.05, 3.63) is 59.3 Å². The first kappa shape index (κ1) is 10.4. The zero-order chi connectivity index (χ0) is 11.4. The molecular weight excluding hydrogens is 196 g/mol. The van der Waals surface area contributed by atoms with Gasteiger partial charge in [0.25, 0.3) is 0 Å². The minimum atomic E-state index is 0.594. The Bertz CT molecular complexity index is 501. The van der Waals surface area contributed by atoms with Crippen LogP contribution in [0.4, 0.5) is 5.82 Å². The Morgan fingerprint density at radius 2 is 1.75 bits per heavy atom. The van der Waals surface area contributed by atoms with Crippen molar-refractivity contribution in [3.8, 4) is 0 Å². The molecule has 0 saturated carbocycles. The van der Waals surface area contributed by atoms with E-state index in [-0.39, 0.29) is 0 Å². The third-order valence-electron chi connectivity index (χ3n) is 2.41. The first-order valence-corrected chi connectivity index (χ1v) is 5.21. The maximum atomic E-state index is 5.66. The van der Waals surface area contributed by atoms with E-state index < -0.39 is 0 Å². The van der Waals surface area contributed by atoms with E-state index in [9.17, 15) is 0 Å². The highest BCUT2D eigenvalue weighted by Crippen LogP contribution is 2.12. The van der Waals surface area contributed by atoms with Gasteiger partial charge in [0.2, 0.25) is 0 Å². The van der Waals surface area contributed by atoms with Crippen molar-refractivity contribution in [2.75, 3.05) is 5.73 Å². The number of pyridine rings is 1. The molecule has 0 atom stereocenters. The molecule has 0 saturated heterocycles. The fourth-order valence-electron chi connectivity index (χ4n) is 1.45. The molecule has 1 aromatic heterocycles. The largest absolute Gasteiger partial charge is 0.383 e. The van der Waals surface area contributed by atoms with E-state index in [0.717, 1.165) is 11.1 Å². The van der Waals surface area contributed by atoms with Crippen LogP contribution < -0.4 is 5.73 Å². The molecule has 0 fully saturated rings. The molecule has 2 aromatic rings. The lowest BCUT2D eigenvalue weighted by Gasteiger charge is -1.99. The number of hydrogen-bond acceptors (Lipinski definition) is 2. The van der Waals surface area contributed by atoms with Gasteiger partial charge in [0.15, 0.2) is 0 Å². The van der Waals surface area contributed by atoms with E-state index in [4.69, 9.17) is 5.73 Å². The fourth-order valence-corrected chi connectivity index (χ4v) is 1.45. The Morgan fingerprint density at radius 1 is 1.06 bits per heavy atom. The van der Waals surface area contributed by atoms with Crippen molar-refractivity contribution in [1.82, 2.24) is 4.98 Å². The minimum Gasteiger partial charge on any atom is -0.383 e. The highest BCUT2D eigenvalue weighted by atomic mass is 14.8. The van der Waals surface area contributed by atoms with Crippen LogP contribution in [0.15, 0.2) is 42.6 Å². The number of rotatable bonds is 2. The van der Waals surface area contributed by atoms with Crippen molar-refractivity contribution in [2.24, 2.45) is 0 Å². The number of aromatic nitrogens is 1. The molecule has 2 rings (SSSR count). The predicted molar refractivity (Wildman–Crippen MR) is 68.8 cm³/mol. The summed E-state index contributed by atoms with van der Waals surface area (Å²) in [6.07, 6.45) is 5.88. The molecule has 80 valence electrons. The lowest BCUT2D eigenvalue weighted by Crippen LogP contribution is -1.93. The Kier molecular flexibility index (Phi) is 3.01. The molecule has 2 heteroatoms. The van der Waals surface area contributed by atoms with Gasteiger partial charge in [-0.15, -0.1) is 0 Å². The lowest BCUT2D eigenvalue weighted by molar-refractivity contribution is 1.27. The number of nitrogen functional groups attached to an aromatic ring is 1. The third-order valence-corrected chi connectivity index (χ3v) is 2.41. The van der Waals surface area contributed by atoms with Crippen LogP contribution >= 0.6 is 0 Å². The first-order chi connectivity index (χ1) is 7.75. The van der Waals surface area contributed by atoms with Crippen LogP contribution in [0.2, 0.25) is 0 Å². The molecule has 16 heavy (non-hydrogen) atoms. The summed E-state index contributed by atoms with van der Waals surface area (Å²) in [5.41, 5.74) is 8.91. The van der Waals surface area contributed by atoms with Crippen molar-refractivity contribution >= 4 is 18.0 Å². The van der Waals surface area contributed by atoms with E-state index in [1.807, 2.05) is 37.3 Å². The second kappa shape index (κ2) is 4.62. The van der Waals surface area contributed by atoms with Crippen LogP contribution in [-0.4, -0.2) is 4.98 Å². The number of benzene rings is 1. The summed E-state index contributed by atoms with van der Waals surface area (Å²) in [5.74, 6) is 0.594. The summed E-state index contributed by atoms with van der Waals surface area (Å²) >= 11 is 0. The van der Waals surface area contributed by atoms with Gasteiger partial charge in [-0.3, -0.25) is 0 Å². The second-order valence-electron chi connectivity index (χ2n) is 3.71. The molecular formula is C14H14N2. The minimum absolute atomic E-state index is 0.594. The molecule has 0 aliphatic heterocycles. The van der Waals surface area contributed by atoms with Gasteiger partial charge >= 0.3 is 0 Å². The van der Waals surface area contributed by atoms with Gasteiger partial charge in [0, 0.05) is 6.20 Å². The highest BCUT2D eigenvalue weighted by molar-refractivity contribution is 5.69. The zero-order valence-electron chi connectivity index (χ0n) is 9.22. The standard InChI is InChI=1S/C14H14N2/c1-11-9-13(10-16-14(11)15)8-7-12-5-3-2-4-6-12/h2-10H,1H3,(H2,15,16)/b8-7+. The molecule has 2 nitrogen and oxygen atoms in total. The van der Waals surface area contributed by atoms with Crippen molar-refractivity contribution in [2.45, 2.75) is 6.92 Å². The number of aryl methyl sites for hydroxylation is 1. The topological polar surface area (TPSA) is 38.9 Å². The lowest BCUT2D eigenvalue weighted by atomic mass is 10.1. The van der Waals surface area contributed by atoms with Crippen LogP contribution in [-0.2, 0) is 0 Å². The molecule has 0 aliphatic rings. The van der Waals surface area contributed by atoms with E-state index in [1.165, 1.54) is 5.56 Å². The van der Waals surface area contributed by atoms with Crippen LogP contribution in [0.3, 0.4) is 0 Å². The molecule has 0 spiro atoms. The summed E-state index contributed by atoms with van der Waals surface area (Å²) in [4.78, 5) is 4.12. The Hall–Kier alpha value is -2.09. The average molecular weight is 210 g/mol. The van der Waals surface area contributed by atoms with E-state index in [0.29, 0.717) is 5.82 Å². The molecule has 0 unspecified atom stereocenters. The fraction of sp³-hybridized carbons (Fsp3) is 0.0714. The number of nitrogens with zero attached hydrogens (tertiary/aromatic N) is 1. The molecule has 0 aliphatic carbocycles. The monoisotopic (exact) mass is 210 g/mol. The normalized spacial score (nSPS) is 10.8. The smallest absolute Gasteiger partial charge is 0.126 e. The van der Waals surface area contributed by atoms with Gasteiger partial charge in [-0.25, -0.2) is 4.98 Å². The molecule has 2 N–H and O–H groups in total. The highest BCUT2D eigenvalue weighted by Gasteiger charge is 1.94. The maximum Gasteiger partial charge on any atom is 0.126 e. The van der Waals surface area contributed by atoms with E-state index in [1.54, 1.807) is 6.20 Å². The quantitative estimate of drug-likeness (QED) is 0.827. The molecule has 1 aromatic carbocycles. The molecule has 1 heterocycles. The molecule has 0 amide bonds.